The van der Waals surface area contributed by atoms with Gasteiger partial charge in [0.15, 0.2) is 0 Å². The molecule has 6 heteroatoms. The highest BCUT2D eigenvalue weighted by molar-refractivity contribution is 7.86. The third-order valence-corrected chi connectivity index (χ3v) is 7.07. The second-order valence-electron chi connectivity index (χ2n) is 8.09. The Bertz CT molecular complexity index is 815. The maximum absolute atomic E-state index is 12.2. The molecule has 0 amide bonds. The first-order chi connectivity index (χ1) is 12.4. The van der Waals surface area contributed by atoms with Crippen molar-refractivity contribution in [3.05, 3.63) is 29.3 Å². The minimum absolute atomic E-state index is 0.216. The van der Waals surface area contributed by atoms with Gasteiger partial charge in [-0.3, -0.25) is 4.79 Å². The van der Waals surface area contributed by atoms with Crippen molar-refractivity contribution in [2.24, 2.45) is 17.8 Å². The lowest BCUT2D eigenvalue weighted by Crippen LogP contribution is -2.37. The molecule has 0 radical (unpaired) electrons. The van der Waals surface area contributed by atoms with E-state index in [0.29, 0.717) is 35.9 Å². The first-order valence-electron chi connectivity index (χ1n) is 9.42. The number of Topliss-reactive ketones (excluding diaryl/α,β-unsaturated/α-hetero) is 1. The normalized spacial score (nSPS) is 33.3. The van der Waals surface area contributed by atoms with Crippen LogP contribution >= 0.6 is 0 Å². The SMILES string of the molecule is COC[C@@H]1C[C@@H]2[C@H](CCC3C(=O)CC[C@H]32)c2ccc(OS(C)(=O)=O)cc21. The maximum atomic E-state index is 12.2. The first kappa shape index (κ1) is 18.0. The molecule has 1 unspecified atom stereocenters. The van der Waals surface area contributed by atoms with Crippen molar-refractivity contribution in [1.29, 1.82) is 0 Å². The van der Waals surface area contributed by atoms with E-state index in [1.54, 1.807) is 13.2 Å². The summed E-state index contributed by atoms with van der Waals surface area (Å²) >= 11 is 0. The molecule has 142 valence electrons. The van der Waals surface area contributed by atoms with E-state index in [1.165, 1.54) is 5.56 Å². The molecule has 5 nitrogen and oxygen atoms in total. The number of fused-ring (bicyclic) bond motifs is 5. The Kier molecular flexibility index (Phi) is 4.59. The number of carbonyl (C=O) groups is 1. The van der Waals surface area contributed by atoms with Gasteiger partial charge in [0.05, 0.1) is 12.9 Å². The smallest absolute Gasteiger partial charge is 0.306 e. The van der Waals surface area contributed by atoms with Gasteiger partial charge < -0.3 is 8.92 Å². The molecule has 26 heavy (non-hydrogen) atoms. The molecule has 2 saturated carbocycles. The monoisotopic (exact) mass is 378 g/mol. The quantitative estimate of drug-likeness (QED) is 0.752. The van der Waals surface area contributed by atoms with Crippen LogP contribution in [0.15, 0.2) is 18.2 Å². The summed E-state index contributed by atoms with van der Waals surface area (Å²) < 4.78 is 33.5. The zero-order chi connectivity index (χ0) is 18.5. The molecule has 0 bridgehead atoms. The highest BCUT2D eigenvalue weighted by Gasteiger charge is 2.49. The van der Waals surface area contributed by atoms with Crippen molar-refractivity contribution in [2.75, 3.05) is 20.0 Å². The Hall–Kier alpha value is -1.40. The molecular weight excluding hydrogens is 352 g/mol. The fourth-order valence-electron chi connectivity index (χ4n) is 5.70. The minimum atomic E-state index is -3.54. The first-order valence-corrected chi connectivity index (χ1v) is 11.2. The molecule has 4 rings (SSSR count). The fraction of sp³-hybridized carbons (Fsp3) is 0.650. The van der Waals surface area contributed by atoms with Crippen molar-refractivity contribution in [3.8, 4) is 5.75 Å². The topological polar surface area (TPSA) is 69.7 Å². The van der Waals surface area contributed by atoms with Gasteiger partial charge in [0, 0.05) is 25.4 Å². The number of methoxy groups -OCH3 is 1. The van der Waals surface area contributed by atoms with Gasteiger partial charge in [0.2, 0.25) is 0 Å². The standard InChI is InChI=1S/C20H26O5S/c1-24-11-12-9-19-15(5-6-17-16(19)7-8-20(17)21)14-4-3-13(10-18(12)14)25-26(2,22)23/h3-4,10,12,15-17,19H,5-9,11H2,1-2H3/t12-,15+,16+,17?,19+/m0/s1. The van der Waals surface area contributed by atoms with E-state index in [9.17, 15) is 13.2 Å². The third-order valence-electron chi connectivity index (χ3n) is 6.58. The van der Waals surface area contributed by atoms with Gasteiger partial charge in [-0.05, 0) is 66.7 Å². The van der Waals surface area contributed by atoms with Crippen LogP contribution < -0.4 is 4.18 Å². The Labute approximate surface area is 155 Å². The minimum Gasteiger partial charge on any atom is -0.384 e. The van der Waals surface area contributed by atoms with Gasteiger partial charge in [0.1, 0.15) is 11.5 Å². The summed E-state index contributed by atoms with van der Waals surface area (Å²) in [4.78, 5) is 12.2. The molecule has 5 atom stereocenters. The van der Waals surface area contributed by atoms with E-state index in [-0.39, 0.29) is 11.8 Å². The molecule has 1 aromatic rings. The molecule has 0 aliphatic heterocycles. The van der Waals surface area contributed by atoms with Gasteiger partial charge in [-0.15, -0.1) is 0 Å². The number of hydrogen-bond acceptors (Lipinski definition) is 5. The molecule has 3 aliphatic rings. The predicted octanol–water partition coefficient (Wildman–Crippen LogP) is 3.25. The van der Waals surface area contributed by atoms with Crippen LogP contribution in [0.5, 0.6) is 5.75 Å². The van der Waals surface area contributed by atoms with Crippen LogP contribution in [0.3, 0.4) is 0 Å². The third kappa shape index (κ3) is 3.18. The van der Waals surface area contributed by atoms with Gasteiger partial charge >= 0.3 is 10.1 Å². The fourth-order valence-corrected chi connectivity index (χ4v) is 6.16. The maximum Gasteiger partial charge on any atom is 0.306 e. The summed E-state index contributed by atoms with van der Waals surface area (Å²) in [5.74, 6) is 2.78. The molecule has 3 aliphatic carbocycles. The largest absolute Gasteiger partial charge is 0.384 e. The summed E-state index contributed by atoms with van der Waals surface area (Å²) in [6.45, 7) is 0.601. The van der Waals surface area contributed by atoms with Crippen molar-refractivity contribution in [3.63, 3.8) is 0 Å². The van der Waals surface area contributed by atoms with Gasteiger partial charge in [-0.1, -0.05) is 6.07 Å². The number of benzene rings is 1. The summed E-state index contributed by atoms with van der Waals surface area (Å²) in [5, 5.41) is 0. The van der Waals surface area contributed by atoms with E-state index >= 15 is 0 Å². The van der Waals surface area contributed by atoms with Crippen LogP contribution in [-0.4, -0.2) is 34.2 Å². The average Bonchev–Trinajstić information content (AvgIpc) is 2.95. The molecule has 0 saturated heterocycles. The van der Waals surface area contributed by atoms with E-state index < -0.39 is 10.1 Å². The van der Waals surface area contributed by atoms with Crippen LogP contribution in [-0.2, 0) is 19.6 Å². The number of carbonyl (C=O) groups excluding carboxylic acids is 1. The highest BCUT2D eigenvalue weighted by atomic mass is 32.2. The lowest BCUT2D eigenvalue weighted by molar-refractivity contribution is -0.122. The summed E-state index contributed by atoms with van der Waals surface area (Å²) in [7, 11) is -1.84. The van der Waals surface area contributed by atoms with Crippen LogP contribution in [0.2, 0.25) is 0 Å². The molecule has 0 spiro atoms. The molecule has 0 heterocycles. The second-order valence-corrected chi connectivity index (χ2v) is 9.66. The van der Waals surface area contributed by atoms with Crippen molar-refractivity contribution in [1.82, 2.24) is 0 Å². The van der Waals surface area contributed by atoms with Crippen molar-refractivity contribution in [2.45, 2.75) is 43.9 Å². The van der Waals surface area contributed by atoms with Crippen molar-refractivity contribution < 1.29 is 22.1 Å². The number of ether oxygens (including phenoxy) is 1. The number of ketones is 1. The van der Waals surface area contributed by atoms with Crippen LogP contribution in [0, 0.1) is 17.8 Å². The summed E-state index contributed by atoms with van der Waals surface area (Å²) in [6, 6.07) is 5.67. The zero-order valence-electron chi connectivity index (χ0n) is 15.3. The number of rotatable bonds is 4. The predicted molar refractivity (Wildman–Crippen MR) is 97.8 cm³/mol. The Morgan fingerprint density at radius 2 is 1.85 bits per heavy atom. The Morgan fingerprint density at radius 1 is 1.08 bits per heavy atom. The van der Waals surface area contributed by atoms with Crippen LogP contribution in [0.1, 0.15) is 55.1 Å². The van der Waals surface area contributed by atoms with Gasteiger partial charge in [0.25, 0.3) is 0 Å². The molecule has 1 aromatic carbocycles. The summed E-state index contributed by atoms with van der Waals surface area (Å²) in [5.41, 5.74) is 2.44. The average molecular weight is 378 g/mol. The van der Waals surface area contributed by atoms with Crippen LogP contribution in [0.25, 0.3) is 0 Å². The lowest BCUT2D eigenvalue weighted by atomic mass is 9.58. The zero-order valence-corrected chi connectivity index (χ0v) is 16.1. The Morgan fingerprint density at radius 3 is 2.58 bits per heavy atom. The van der Waals surface area contributed by atoms with Gasteiger partial charge in [-0.25, -0.2) is 0 Å². The number of hydrogen-bond donors (Lipinski definition) is 0. The van der Waals surface area contributed by atoms with Crippen LogP contribution in [0.4, 0.5) is 0 Å². The molecule has 0 N–H and O–H groups in total. The molecule has 0 aromatic heterocycles. The highest BCUT2D eigenvalue weighted by Crippen LogP contribution is 2.56. The molecule has 2 fully saturated rings. The van der Waals surface area contributed by atoms with Gasteiger partial charge in [-0.2, -0.15) is 8.42 Å². The molecular formula is C20H26O5S. The van der Waals surface area contributed by atoms with E-state index in [0.717, 1.165) is 43.9 Å². The summed E-state index contributed by atoms with van der Waals surface area (Å²) in [6.07, 6.45) is 5.85. The van der Waals surface area contributed by atoms with E-state index in [4.69, 9.17) is 8.92 Å². The van der Waals surface area contributed by atoms with E-state index in [1.807, 2.05) is 12.1 Å². The van der Waals surface area contributed by atoms with E-state index in [2.05, 4.69) is 0 Å². The second kappa shape index (κ2) is 6.64. The van der Waals surface area contributed by atoms with Crippen molar-refractivity contribution >= 4 is 15.9 Å². The lowest BCUT2D eigenvalue weighted by Gasteiger charge is -2.46. The Balaban J connectivity index is 1.70.